The zero-order chi connectivity index (χ0) is 15.6. The van der Waals surface area contributed by atoms with E-state index >= 15 is 0 Å². The van der Waals surface area contributed by atoms with E-state index in [0.717, 1.165) is 10.8 Å². The summed E-state index contributed by atoms with van der Waals surface area (Å²) < 4.78 is 43.9. The fourth-order valence-corrected chi connectivity index (χ4v) is 2.47. The lowest BCUT2D eigenvalue weighted by Crippen LogP contribution is -2.39. The molecule has 0 heterocycles. The smallest absolute Gasteiger partial charge is 0.401 e. The molecule has 0 aliphatic carbocycles. The summed E-state index contributed by atoms with van der Waals surface area (Å²) in [6.45, 7) is -0.726. The fraction of sp³-hybridized carbons (Fsp3) is 0.214. The SMILES string of the molecule is N=C(N)C(COc1ccc2ccccc2c1Br)C(F)(F)F. The van der Waals surface area contributed by atoms with Crippen molar-refractivity contribution in [2.75, 3.05) is 6.61 Å². The number of hydrogen-bond acceptors (Lipinski definition) is 2. The van der Waals surface area contributed by atoms with Crippen molar-refractivity contribution in [3.63, 3.8) is 0 Å². The molecule has 2 aromatic rings. The molecule has 0 amide bonds. The molecule has 0 saturated heterocycles. The number of alkyl halides is 3. The Hall–Kier alpha value is -1.76. The second kappa shape index (κ2) is 5.93. The highest BCUT2D eigenvalue weighted by molar-refractivity contribution is 9.10. The van der Waals surface area contributed by atoms with Crippen LogP contribution < -0.4 is 10.5 Å². The van der Waals surface area contributed by atoms with Crippen LogP contribution in [0.4, 0.5) is 13.2 Å². The lowest BCUT2D eigenvalue weighted by Gasteiger charge is -2.20. The summed E-state index contributed by atoms with van der Waals surface area (Å²) in [5, 5.41) is 8.80. The van der Waals surface area contributed by atoms with E-state index in [1.165, 1.54) is 0 Å². The van der Waals surface area contributed by atoms with Gasteiger partial charge in [-0.2, -0.15) is 13.2 Å². The molecular weight excluding hydrogens is 349 g/mol. The molecule has 1 unspecified atom stereocenters. The Morgan fingerprint density at radius 3 is 2.52 bits per heavy atom. The summed E-state index contributed by atoms with van der Waals surface area (Å²) in [6, 6.07) is 10.7. The van der Waals surface area contributed by atoms with E-state index in [0.29, 0.717) is 4.47 Å². The van der Waals surface area contributed by atoms with E-state index < -0.39 is 24.5 Å². The quantitative estimate of drug-likeness (QED) is 0.637. The summed E-state index contributed by atoms with van der Waals surface area (Å²) in [4.78, 5) is 0. The molecule has 3 N–H and O–H groups in total. The van der Waals surface area contributed by atoms with Crippen molar-refractivity contribution < 1.29 is 17.9 Å². The third-order valence-electron chi connectivity index (χ3n) is 3.00. The largest absolute Gasteiger partial charge is 0.491 e. The average Bonchev–Trinajstić information content (AvgIpc) is 2.40. The molecule has 0 aromatic heterocycles. The average molecular weight is 361 g/mol. The van der Waals surface area contributed by atoms with Gasteiger partial charge in [-0.3, -0.25) is 5.41 Å². The maximum absolute atomic E-state index is 12.7. The van der Waals surface area contributed by atoms with Crippen LogP contribution in [0.2, 0.25) is 0 Å². The van der Waals surface area contributed by atoms with Gasteiger partial charge in [0, 0.05) is 0 Å². The minimum Gasteiger partial charge on any atom is -0.491 e. The molecule has 7 heteroatoms. The van der Waals surface area contributed by atoms with E-state index in [9.17, 15) is 13.2 Å². The van der Waals surface area contributed by atoms with Gasteiger partial charge in [0.2, 0.25) is 0 Å². The van der Waals surface area contributed by atoms with Crippen LogP contribution in [0, 0.1) is 11.3 Å². The molecule has 0 aliphatic rings. The van der Waals surface area contributed by atoms with E-state index in [1.807, 2.05) is 24.3 Å². The molecule has 0 bridgehead atoms. The molecular formula is C14H12BrF3N2O. The van der Waals surface area contributed by atoms with E-state index in [-0.39, 0.29) is 5.75 Å². The van der Waals surface area contributed by atoms with Crippen LogP contribution in [0.3, 0.4) is 0 Å². The maximum atomic E-state index is 12.7. The predicted octanol–water partition coefficient (Wildman–Crippen LogP) is 4.10. The summed E-state index contributed by atoms with van der Waals surface area (Å²) >= 11 is 3.33. The van der Waals surface area contributed by atoms with Gasteiger partial charge < -0.3 is 10.5 Å². The van der Waals surface area contributed by atoms with Gasteiger partial charge in [-0.25, -0.2) is 0 Å². The van der Waals surface area contributed by atoms with Crippen molar-refractivity contribution in [1.82, 2.24) is 0 Å². The van der Waals surface area contributed by atoms with Crippen LogP contribution in [-0.4, -0.2) is 18.6 Å². The van der Waals surface area contributed by atoms with Crippen LogP contribution in [0.25, 0.3) is 10.8 Å². The monoisotopic (exact) mass is 360 g/mol. The highest BCUT2D eigenvalue weighted by Crippen LogP contribution is 2.34. The molecule has 112 valence electrons. The fourth-order valence-electron chi connectivity index (χ4n) is 1.86. The molecule has 0 radical (unpaired) electrons. The van der Waals surface area contributed by atoms with Crippen molar-refractivity contribution in [3.05, 3.63) is 40.9 Å². The lowest BCUT2D eigenvalue weighted by molar-refractivity contribution is -0.162. The number of benzene rings is 2. The first-order chi connectivity index (χ1) is 9.80. The topological polar surface area (TPSA) is 59.1 Å². The van der Waals surface area contributed by atoms with Crippen molar-refractivity contribution in [3.8, 4) is 5.75 Å². The Morgan fingerprint density at radius 2 is 1.90 bits per heavy atom. The predicted molar refractivity (Wildman–Crippen MR) is 78.6 cm³/mol. The lowest BCUT2D eigenvalue weighted by atomic mass is 10.1. The summed E-state index contributed by atoms with van der Waals surface area (Å²) in [6.07, 6.45) is -4.60. The number of halogens is 4. The molecule has 2 rings (SSSR count). The number of nitrogens with one attached hydrogen (secondary N) is 1. The molecule has 3 nitrogen and oxygen atoms in total. The van der Waals surface area contributed by atoms with E-state index in [4.69, 9.17) is 15.9 Å². The molecule has 2 aromatic carbocycles. The van der Waals surface area contributed by atoms with Crippen LogP contribution in [0.1, 0.15) is 0 Å². The second-order valence-corrected chi connectivity index (χ2v) is 5.25. The summed E-state index contributed by atoms with van der Waals surface area (Å²) in [5.74, 6) is -2.79. The van der Waals surface area contributed by atoms with Gasteiger partial charge in [-0.15, -0.1) is 0 Å². The third-order valence-corrected chi connectivity index (χ3v) is 3.82. The van der Waals surface area contributed by atoms with Crippen molar-refractivity contribution >= 4 is 32.5 Å². The van der Waals surface area contributed by atoms with Gasteiger partial charge in [0.25, 0.3) is 0 Å². The van der Waals surface area contributed by atoms with Crippen LogP contribution in [0.15, 0.2) is 40.9 Å². The second-order valence-electron chi connectivity index (χ2n) is 4.46. The Kier molecular flexibility index (Phi) is 4.41. The minimum atomic E-state index is -4.60. The Labute approximate surface area is 127 Å². The summed E-state index contributed by atoms with van der Waals surface area (Å²) in [7, 11) is 0. The molecule has 0 aliphatic heterocycles. The first-order valence-electron chi connectivity index (χ1n) is 6.01. The molecule has 1 atom stereocenters. The summed E-state index contributed by atoms with van der Waals surface area (Å²) in [5.41, 5.74) is 4.99. The third kappa shape index (κ3) is 3.47. The van der Waals surface area contributed by atoms with Crippen molar-refractivity contribution in [2.24, 2.45) is 11.7 Å². The van der Waals surface area contributed by atoms with Crippen LogP contribution >= 0.6 is 15.9 Å². The van der Waals surface area contributed by atoms with Gasteiger partial charge in [0.1, 0.15) is 24.1 Å². The Morgan fingerprint density at radius 1 is 1.24 bits per heavy atom. The number of fused-ring (bicyclic) bond motifs is 1. The Balaban J connectivity index is 2.24. The molecule has 0 spiro atoms. The highest BCUT2D eigenvalue weighted by atomic mass is 79.9. The van der Waals surface area contributed by atoms with Gasteiger partial charge in [-0.05, 0) is 32.8 Å². The number of nitrogens with two attached hydrogens (primary N) is 1. The van der Waals surface area contributed by atoms with Crippen LogP contribution in [0.5, 0.6) is 5.75 Å². The minimum absolute atomic E-state index is 0.282. The zero-order valence-electron chi connectivity index (χ0n) is 10.7. The number of rotatable bonds is 4. The maximum Gasteiger partial charge on any atom is 0.401 e. The standard InChI is InChI=1S/C14H12BrF3N2O/c15-12-9-4-2-1-3-8(9)5-6-11(12)21-7-10(13(19)20)14(16,17)18/h1-6,10H,7H2,(H3,19,20). The van der Waals surface area contributed by atoms with Gasteiger partial charge in [0.15, 0.2) is 0 Å². The van der Waals surface area contributed by atoms with Gasteiger partial charge in [0.05, 0.1) is 4.47 Å². The first kappa shape index (κ1) is 15.6. The Bertz CT molecular complexity index is 673. The van der Waals surface area contributed by atoms with E-state index in [2.05, 4.69) is 15.9 Å². The zero-order valence-corrected chi connectivity index (χ0v) is 12.3. The van der Waals surface area contributed by atoms with Gasteiger partial charge >= 0.3 is 6.18 Å². The van der Waals surface area contributed by atoms with Gasteiger partial charge in [-0.1, -0.05) is 30.3 Å². The highest BCUT2D eigenvalue weighted by Gasteiger charge is 2.42. The normalized spacial score (nSPS) is 13.1. The molecule has 21 heavy (non-hydrogen) atoms. The van der Waals surface area contributed by atoms with Crippen LogP contribution in [-0.2, 0) is 0 Å². The molecule has 0 fully saturated rings. The van der Waals surface area contributed by atoms with Crippen molar-refractivity contribution in [2.45, 2.75) is 6.18 Å². The molecule has 0 saturated carbocycles. The van der Waals surface area contributed by atoms with Crippen molar-refractivity contribution in [1.29, 1.82) is 5.41 Å². The number of amidine groups is 1. The first-order valence-corrected chi connectivity index (χ1v) is 6.80. The number of hydrogen-bond donors (Lipinski definition) is 2. The van der Waals surface area contributed by atoms with E-state index in [1.54, 1.807) is 12.1 Å². The number of ether oxygens (including phenoxy) is 1.